The average Bonchev–Trinajstić information content (AvgIpc) is 2.96. The first kappa shape index (κ1) is 16.0. The second-order valence-corrected chi connectivity index (χ2v) is 6.13. The summed E-state index contributed by atoms with van der Waals surface area (Å²) in [4.78, 5) is 15.8. The van der Waals surface area contributed by atoms with Crippen LogP contribution in [0.1, 0.15) is 35.6 Å². The van der Waals surface area contributed by atoms with Crippen molar-refractivity contribution in [1.29, 1.82) is 0 Å². The van der Waals surface area contributed by atoms with Crippen molar-refractivity contribution in [3.63, 3.8) is 0 Å². The Kier molecular flexibility index (Phi) is 4.46. The van der Waals surface area contributed by atoms with E-state index in [1.165, 1.54) is 0 Å². The largest absolute Gasteiger partial charge is 0.507 e. The summed E-state index contributed by atoms with van der Waals surface area (Å²) in [5.41, 5.74) is 15.1. The number of anilines is 1. The van der Waals surface area contributed by atoms with Crippen LogP contribution in [0.4, 0.5) is 5.82 Å². The Balaban J connectivity index is 1.81. The van der Waals surface area contributed by atoms with Crippen molar-refractivity contribution in [2.24, 2.45) is 5.73 Å². The molecule has 0 spiro atoms. The van der Waals surface area contributed by atoms with Gasteiger partial charge in [-0.1, -0.05) is 12.1 Å². The fourth-order valence-electron chi connectivity index (χ4n) is 3.13. The number of benzene rings is 1. The van der Waals surface area contributed by atoms with Crippen LogP contribution in [0.2, 0.25) is 0 Å². The number of amides is 1. The summed E-state index contributed by atoms with van der Waals surface area (Å²) in [5, 5.41) is 9.89. The van der Waals surface area contributed by atoms with Crippen molar-refractivity contribution in [3.8, 4) is 5.75 Å². The predicted molar refractivity (Wildman–Crippen MR) is 95.0 cm³/mol. The number of piperidine rings is 1. The molecule has 3 rings (SSSR count). The van der Waals surface area contributed by atoms with Gasteiger partial charge in [0.25, 0.3) is 0 Å². The van der Waals surface area contributed by atoms with E-state index in [2.05, 4.69) is 4.98 Å². The number of hydrogen-bond donors (Lipinski definition) is 4. The van der Waals surface area contributed by atoms with E-state index in [-0.39, 0.29) is 5.75 Å². The molecule has 0 unspecified atom stereocenters. The van der Waals surface area contributed by atoms with Crippen molar-refractivity contribution in [2.75, 3.05) is 18.8 Å². The maximum atomic E-state index is 10.8. The minimum atomic E-state index is 0.141. The van der Waals surface area contributed by atoms with E-state index in [0.29, 0.717) is 23.0 Å². The third-order valence-corrected chi connectivity index (χ3v) is 4.55. The van der Waals surface area contributed by atoms with Crippen molar-refractivity contribution in [2.45, 2.75) is 18.8 Å². The SMILES string of the molecule is N/C(=C\c1cc(C2CCN(C=O)CC2)[nH]c1N)c1ccccc1O. The topological polar surface area (TPSA) is 108 Å². The number of aromatic amines is 1. The van der Waals surface area contributed by atoms with Crippen LogP contribution in [0.25, 0.3) is 11.8 Å². The quantitative estimate of drug-likeness (QED) is 0.645. The third-order valence-electron chi connectivity index (χ3n) is 4.55. The monoisotopic (exact) mass is 326 g/mol. The second-order valence-electron chi connectivity index (χ2n) is 6.13. The number of para-hydroxylation sites is 1. The highest BCUT2D eigenvalue weighted by molar-refractivity contribution is 5.84. The van der Waals surface area contributed by atoms with Crippen LogP contribution >= 0.6 is 0 Å². The maximum Gasteiger partial charge on any atom is 0.209 e. The van der Waals surface area contributed by atoms with E-state index >= 15 is 0 Å². The minimum Gasteiger partial charge on any atom is -0.507 e. The zero-order valence-corrected chi connectivity index (χ0v) is 13.4. The number of nitrogens with two attached hydrogens (primary N) is 2. The summed E-state index contributed by atoms with van der Waals surface area (Å²) in [6.45, 7) is 1.52. The molecule has 2 aromatic rings. The highest BCUT2D eigenvalue weighted by Crippen LogP contribution is 2.31. The number of H-pyrrole nitrogens is 1. The summed E-state index contributed by atoms with van der Waals surface area (Å²) < 4.78 is 0. The lowest BCUT2D eigenvalue weighted by Crippen LogP contribution is -2.31. The zero-order chi connectivity index (χ0) is 17.1. The molecule has 1 aromatic carbocycles. The number of carbonyl (C=O) groups is 1. The highest BCUT2D eigenvalue weighted by atomic mass is 16.3. The standard InChI is InChI=1S/C18H22N4O2/c19-15(14-3-1-2-4-17(14)24)9-13-10-16(21-18(13)20)12-5-7-22(11-23)8-6-12/h1-4,9-12,21,24H,5-8,19-20H2/b15-9-. The highest BCUT2D eigenvalue weighted by Gasteiger charge is 2.21. The molecule has 0 aliphatic carbocycles. The fraction of sp³-hybridized carbons (Fsp3) is 0.278. The first-order valence-electron chi connectivity index (χ1n) is 8.01. The number of carbonyl (C=O) groups excluding carboxylic acids is 1. The van der Waals surface area contributed by atoms with Crippen LogP contribution in [0.15, 0.2) is 30.3 Å². The number of aromatic nitrogens is 1. The van der Waals surface area contributed by atoms with Gasteiger partial charge in [-0.3, -0.25) is 4.79 Å². The van der Waals surface area contributed by atoms with Crippen molar-refractivity contribution in [1.82, 2.24) is 9.88 Å². The van der Waals surface area contributed by atoms with Crippen molar-refractivity contribution >= 4 is 24.0 Å². The first-order valence-corrected chi connectivity index (χ1v) is 8.01. The molecule has 0 atom stereocenters. The summed E-state index contributed by atoms with van der Waals surface area (Å²) in [7, 11) is 0. The van der Waals surface area contributed by atoms with Crippen molar-refractivity contribution < 1.29 is 9.90 Å². The maximum absolute atomic E-state index is 10.8. The van der Waals surface area contributed by atoms with Crippen molar-refractivity contribution in [3.05, 3.63) is 47.2 Å². The van der Waals surface area contributed by atoms with Gasteiger partial charge in [0.05, 0.1) is 0 Å². The zero-order valence-electron chi connectivity index (χ0n) is 13.4. The Morgan fingerprint density at radius 3 is 2.67 bits per heavy atom. The van der Waals surface area contributed by atoms with Gasteiger partial charge in [0, 0.05) is 41.5 Å². The van der Waals surface area contributed by atoms with Gasteiger partial charge in [-0.15, -0.1) is 0 Å². The molecule has 1 fully saturated rings. The molecule has 6 N–H and O–H groups in total. The number of hydrogen-bond acceptors (Lipinski definition) is 4. The molecule has 0 bridgehead atoms. The molecule has 126 valence electrons. The van der Waals surface area contributed by atoms with E-state index in [0.717, 1.165) is 43.6 Å². The molecular formula is C18H22N4O2. The van der Waals surface area contributed by atoms with E-state index in [4.69, 9.17) is 11.5 Å². The van der Waals surface area contributed by atoms with Gasteiger partial charge in [0.1, 0.15) is 11.6 Å². The Labute approximate surface area is 140 Å². The van der Waals surface area contributed by atoms with Crippen LogP contribution in [0.3, 0.4) is 0 Å². The van der Waals surface area contributed by atoms with Gasteiger partial charge in [0.15, 0.2) is 0 Å². The smallest absolute Gasteiger partial charge is 0.209 e. The van der Waals surface area contributed by atoms with Gasteiger partial charge < -0.3 is 26.5 Å². The lowest BCUT2D eigenvalue weighted by atomic mass is 9.93. The van der Waals surface area contributed by atoms with E-state index < -0.39 is 0 Å². The number of nitrogens with zero attached hydrogens (tertiary/aromatic N) is 1. The van der Waals surface area contributed by atoms with Gasteiger partial charge in [-0.2, -0.15) is 0 Å². The van der Waals surface area contributed by atoms with E-state index in [1.54, 1.807) is 29.2 Å². The molecule has 1 aliphatic heterocycles. The van der Waals surface area contributed by atoms with Crippen LogP contribution in [-0.4, -0.2) is 34.5 Å². The Hall–Kier alpha value is -2.89. The molecule has 6 heteroatoms. The lowest BCUT2D eigenvalue weighted by Gasteiger charge is -2.28. The Morgan fingerprint density at radius 2 is 2.00 bits per heavy atom. The molecule has 6 nitrogen and oxygen atoms in total. The molecule has 1 aliphatic rings. The lowest BCUT2D eigenvalue weighted by molar-refractivity contribution is -0.119. The van der Waals surface area contributed by atoms with Crippen LogP contribution < -0.4 is 11.5 Å². The summed E-state index contributed by atoms with van der Waals surface area (Å²) in [6.07, 6.45) is 4.50. The van der Waals surface area contributed by atoms with Crippen LogP contribution in [0, 0.1) is 0 Å². The molecular weight excluding hydrogens is 304 g/mol. The molecule has 24 heavy (non-hydrogen) atoms. The van der Waals surface area contributed by atoms with Gasteiger partial charge in [-0.25, -0.2) is 0 Å². The number of aromatic hydroxyl groups is 1. The molecule has 1 amide bonds. The van der Waals surface area contributed by atoms with Gasteiger partial charge >= 0.3 is 0 Å². The number of likely N-dealkylation sites (tertiary alicyclic amines) is 1. The Bertz CT molecular complexity index is 758. The first-order chi connectivity index (χ1) is 11.6. The molecule has 1 saturated heterocycles. The number of nitrogens with one attached hydrogen (secondary N) is 1. The summed E-state index contributed by atoms with van der Waals surface area (Å²) >= 11 is 0. The summed E-state index contributed by atoms with van der Waals surface area (Å²) in [6, 6.07) is 8.94. The molecule has 1 aromatic heterocycles. The normalized spacial score (nSPS) is 16.3. The predicted octanol–water partition coefficient (Wildman–Crippen LogP) is 2.10. The van der Waals surface area contributed by atoms with Gasteiger partial charge in [-0.05, 0) is 37.1 Å². The average molecular weight is 326 g/mol. The molecule has 0 radical (unpaired) electrons. The molecule has 0 saturated carbocycles. The number of rotatable bonds is 4. The second kappa shape index (κ2) is 6.70. The molecule has 2 heterocycles. The third kappa shape index (κ3) is 3.22. The fourth-order valence-corrected chi connectivity index (χ4v) is 3.13. The van der Waals surface area contributed by atoms with Crippen LogP contribution in [0.5, 0.6) is 5.75 Å². The summed E-state index contributed by atoms with van der Waals surface area (Å²) in [5.74, 6) is 1.06. The van der Waals surface area contributed by atoms with E-state index in [1.807, 2.05) is 12.1 Å². The Morgan fingerprint density at radius 1 is 1.29 bits per heavy atom. The number of phenolic OH excluding ortho intramolecular Hbond substituents is 1. The van der Waals surface area contributed by atoms with E-state index in [9.17, 15) is 9.90 Å². The number of phenols is 1. The number of nitrogen functional groups attached to an aromatic ring is 1. The van der Waals surface area contributed by atoms with Gasteiger partial charge in [0.2, 0.25) is 6.41 Å². The van der Waals surface area contributed by atoms with Crippen LogP contribution in [-0.2, 0) is 4.79 Å². The minimum absolute atomic E-state index is 0.141.